The van der Waals surface area contributed by atoms with Crippen molar-refractivity contribution in [3.8, 4) is 11.8 Å². The summed E-state index contributed by atoms with van der Waals surface area (Å²) < 4.78 is 0. The lowest BCUT2D eigenvalue weighted by molar-refractivity contribution is 0.475. The summed E-state index contributed by atoms with van der Waals surface area (Å²) in [5, 5.41) is 26.8. The van der Waals surface area contributed by atoms with Crippen molar-refractivity contribution in [3.05, 3.63) is 83.9 Å². The number of nitriles is 1. The Morgan fingerprint density at radius 1 is 0.962 bits per heavy atom. The van der Waals surface area contributed by atoms with Crippen molar-refractivity contribution in [1.82, 2.24) is 0 Å². The van der Waals surface area contributed by atoms with Gasteiger partial charge in [-0.25, -0.2) is 0 Å². The molecule has 3 rings (SSSR count). The summed E-state index contributed by atoms with van der Waals surface area (Å²) >= 11 is 0. The Bertz CT molecular complexity index is 944. The van der Waals surface area contributed by atoms with Gasteiger partial charge in [-0.1, -0.05) is 30.3 Å². The quantitative estimate of drug-likeness (QED) is 0.638. The molecule has 0 aliphatic rings. The first-order chi connectivity index (χ1) is 12.7. The molecule has 0 spiro atoms. The van der Waals surface area contributed by atoms with Crippen LogP contribution in [0, 0.1) is 11.3 Å². The van der Waals surface area contributed by atoms with Gasteiger partial charge in [0.05, 0.1) is 11.3 Å². The summed E-state index contributed by atoms with van der Waals surface area (Å²) in [5.41, 5.74) is 3.73. The normalized spacial score (nSPS) is 10.6. The molecule has 0 saturated carbocycles. The summed E-state index contributed by atoms with van der Waals surface area (Å²) in [6.45, 7) is 0.820. The maximum absolute atomic E-state index is 9.41. The van der Waals surface area contributed by atoms with Crippen LogP contribution >= 0.6 is 0 Å². The predicted molar refractivity (Wildman–Crippen MR) is 102 cm³/mol. The third-order valence-corrected chi connectivity index (χ3v) is 3.93. The molecule has 0 saturated heterocycles. The number of hydrogen-bond donors (Lipinski definition) is 1. The zero-order valence-corrected chi connectivity index (χ0v) is 14.4. The average Bonchev–Trinajstić information content (AvgIpc) is 2.68. The summed E-state index contributed by atoms with van der Waals surface area (Å²) in [6.07, 6.45) is 0. The van der Waals surface area contributed by atoms with Gasteiger partial charge in [0.1, 0.15) is 17.5 Å². The zero-order valence-electron chi connectivity index (χ0n) is 14.4. The van der Waals surface area contributed by atoms with Gasteiger partial charge in [-0.2, -0.15) is 10.4 Å². The van der Waals surface area contributed by atoms with Crippen LogP contribution in [0.15, 0.2) is 83.0 Å². The van der Waals surface area contributed by atoms with Gasteiger partial charge in [-0.05, 0) is 48.0 Å². The molecule has 26 heavy (non-hydrogen) atoms. The van der Waals surface area contributed by atoms with Crippen molar-refractivity contribution in [1.29, 1.82) is 5.26 Å². The van der Waals surface area contributed by atoms with Gasteiger partial charge in [0.2, 0.25) is 0 Å². The minimum absolute atomic E-state index is 0.0336. The lowest BCUT2D eigenvalue weighted by Gasteiger charge is -2.19. The van der Waals surface area contributed by atoms with E-state index in [9.17, 15) is 5.11 Å². The second-order valence-corrected chi connectivity index (χ2v) is 5.87. The molecule has 128 valence electrons. The lowest BCUT2D eigenvalue weighted by Crippen LogP contribution is -2.15. The van der Waals surface area contributed by atoms with E-state index in [0.717, 1.165) is 12.2 Å². The SMILES string of the molecule is CN(Cc1ccccc1)c1ccc(N=Nc2ccc(O)cc2C#N)cc1. The highest BCUT2D eigenvalue weighted by Gasteiger charge is 2.04. The van der Waals surface area contributed by atoms with Crippen molar-refractivity contribution in [2.45, 2.75) is 6.54 Å². The molecule has 5 nitrogen and oxygen atoms in total. The second kappa shape index (κ2) is 7.95. The van der Waals surface area contributed by atoms with Crippen molar-refractivity contribution in [3.63, 3.8) is 0 Å². The van der Waals surface area contributed by atoms with Gasteiger partial charge in [-0.3, -0.25) is 0 Å². The summed E-state index contributed by atoms with van der Waals surface area (Å²) in [5.74, 6) is 0.0336. The number of anilines is 1. The molecule has 3 aromatic rings. The monoisotopic (exact) mass is 342 g/mol. The Balaban J connectivity index is 1.71. The van der Waals surface area contributed by atoms with Crippen molar-refractivity contribution in [2.24, 2.45) is 10.2 Å². The first-order valence-electron chi connectivity index (χ1n) is 8.16. The van der Waals surface area contributed by atoms with Gasteiger partial charge < -0.3 is 10.0 Å². The maximum Gasteiger partial charge on any atom is 0.117 e. The fourth-order valence-corrected chi connectivity index (χ4v) is 2.53. The topological polar surface area (TPSA) is 72.0 Å². The number of azo groups is 1. The molecule has 0 heterocycles. The molecule has 0 atom stereocenters. The van der Waals surface area contributed by atoms with Crippen LogP contribution in [0.1, 0.15) is 11.1 Å². The van der Waals surface area contributed by atoms with Gasteiger partial charge in [0.15, 0.2) is 0 Å². The van der Waals surface area contributed by atoms with E-state index in [2.05, 4.69) is 27.3 Å². The third-order valence-electron chi connectivity index (χ3n) is 3.93. The van der Waals surface area contributed by atoms with Crippen LogP contribution in [0.2, 0.25) is 0 Å². The summed E-state index contributed by atoms with van der Waals surface area (Å²) in [6, 6.07) is 24.4. The Labute approximate surface area is 152 Å². The Morgan fingerprint density at radius 2 is 1.69 bits per heavy atom. The van der Waals surface area contributed by atoms with Crippen molar-refractivity contribution < 1.29 is 5.11 Å². The Kier molecular flexibility index (Phi) is 5.25. The molecule has 0 amide bonds. The van der Waals surface area contributed by atoms with Gasteiger partial charge >= 0.3 is 0 Å². The number of nitrogens with zero attached hydrogens (tertiary/aromatic N) is 4. The van der Waals surface area contributed by atoms with Crippen LogP contribution in [-0.2, 0) is 6.54 Å². The van der Waals surface area contributed by atoms with E-state index in [1.165, 1.54) is 17.7 Å². The molecule has 0 aliphatic carbocycles. The summed E-state index contributed by atoms with van der Waals surface area (Å²) in [7, 11) is 2.04. The van der Waals surface area contributed by atoms with E-state index < -0.39 is 0 Å². The van der Waals surface area contributed by atoms with E-state index in [1.54, 1.807) is 6.07 Å². The van der Waals surface area contributed by atoms with E-state index in [1.807, 2.05) is 55.6 Å². The van der Waals surface area contributed by atoms with Crippen LogP contribution in [0.5, 0.6) is 5.75 Å². The number of phenolic OH excluding ortho intramolecular Hbond substituents is 1. The van der Waals surface area contributed by atoms with E-state index in [-0.39, 0.29) is 11.3 Å². The highest BCUT2D eigenvalue weighted by atomic mass is 16.3. The number of hydrogen-bond acceptors (Lipinski definition) is 5. The third kappa shape index (κ3) is 4.25. The number of benzene rings is 3. The van der Waals surface area contributed by atoms with Crippen LogP contribution in [0.3, 0.4) is 0 Å². The fourth-order valence-electron chi connectivity index (χ4n) is 2.53. The molecule has 0 aromatic heterocycles. The van der Waals surface area contributed by atoms with Gasteiger partial charge in [-0.15, -0.1) is 5.11 Å². The predicted octanol–water partition coefficient (Wildman–Crippen LogP) is 5.32. The average molecular weight is 342 g/mol. The smallest absolute Gasteiger partial charge is 0.117 e. The molecule has 0 fully saturated rings. The Hall–Kier alpha value is -3.65. The molecular weight excluding hydrogens is 324 g/mol. The zero-order chi connectivity index (χ0) is 18.4. The van der Waals surface area contributed by atoms with Crippen LogP contribution in [0.4, 0.5) is 17.1 Å². The minimum Gasteiger partial charge on any atom is -0.508 e. The van der Waals surface area contributed by atoms with Crippen LogP contribution in [-0.4, -0.2) is 12.2 Å². The lowest BCUT2D eigenvalue weighted by atomic mass is 10.2. The number of aromatic hydroxyl groups is 1. The molecule has 5 heteroatoms. The van der Waals surface area contributed by atoms with E-state index >= 15 is 0 Å². The standard InChI is InChI=1S/C21H18N4O/c1-25(15-16-5-3-2-4-6-16)19-9-7-18(8-10-19)23-24-21-12-11-20(26)13-17(21)14-22/h2-13,26H,15H2,1H3. The molecule has 0 unspecified atom stereocenters. The maximum atomic E-state index is 9.41. The first-order valence-corrected chi connectivity index (χ1v) is 8.16. The number of phenols is 1. The van der Waals surface area contributed by atoms with Crippen molar-refractivity contribution >= 4 is 17.1 Å². The summed E-state index contributed by atoms with van der Waals surface area (Å²) in [4.78, 5) is 2.16. The Morgan fingerprint density at radius 3 is 2.38 bits per heavy atom. The van der Waals surface area contributed by atoms with Crippen LogP contribution < -0.4 is 4.90 Å². The van der Waals surface area contributed by atoms with E-state index in [4.69, 9.17) is 5.26 Å². The van der Waals surface area contributed by atoms with Crippen LogP contribution in [0.25, 0.3) is 0 Å². The molecule has 1 N–H and O–H groups in total. The van der Waals surface area contributed by atoms with Crippen molar-refractivity contribution in [2.75, 3.05) is 11.9 Å². The number of rotatable bonds is 5. The second-order valence-electron chi connectivity index (χ2n) is 5.87. The van der Waals surface area contributed by atoms with Gasteiger partial charge in [0, 0.05) is 19.3 Å². The fraction of sp³-hybridized carbons (Fsp3) is 0.0952. The largest absolute Gasteiger partial charge is 0.508 e. The van der Waals surface area contributed by atoms with Gasteiger partial charge in [0.25, 0.3) is 0 Å². The minimum atomic E-state index is 0.0336. The molecule has 3 aromatic carbocycles. The highest BCUT2D eigenvalue weighted by molar-refractivity contribution is 5.56. The molecular formula is C21H18N4O. The highest BCUT2D eigenvalue weighted by Crippen LogP contribution is 2.26. The molecule has 0 aliphatic heterocycles. The van der Waals surface area contributed by atoms with E-state index in [0.29, 0.717) is 11.4 Å². The first kappa shape index (κ1) is 17.2. The molecule has 0 bridgehead atoms. The molecule has 0 radical (unpaired) electrons.